The molecule has 0 radical (unpaired) electrons. The number of hydrogen-bond acceptors (Lipinski definition) is 5. The second-order valence-corrected chi connectivity index (χ2v) is 7.01. The first-order valence-corrected chi connectivity index (χ1v) is 8.45. The van der Waals surface area contributed by atoms with Crippen LogP contribution in [0.15, 0.2) is 40.3 Å². The molecular formula is C16H16N6OS. The molecular weight excluding hydrogens is 324 g/mol. The first kappa shape index (κ1) is 14.9. The van der Waals surface area contributed by atoms with E-state index in [1.54, 1.807) is 0 Å². The van der Waals surface area contributed by atoms with E-state index in [2.05, 4.69) is 26.2 Å². The molecule has 0 saturated carbocycles. The van der Waals surface area contributed by atoms with Crippen molar-refractivity contribution >= 4 is 28.6 Å². The number of hydrogen-bond donors (Lipinski definition) is 1. The van der Waals surface area contributed by atoms with Crippen LogP contribution >= 0.6 is 11.8 Å². The number of aromatic nitrogens is 6. The maximum Gasteiger partial charge on any atom is 0.251 e. The zero-order chi connectivity index (χ0) is 16.8. The third-order valence-corrected chi connectivity index (χ3v) is 5.01. The number of para-hydroxylation sites is 2. The van der Waals surface area contributed by atoms with Crippen LogP contribution in [0, 0.1) is 6.92 Å². The summed E-state index contributed by atoms with van der Waals surface area (Å²) in [6, 6.07) is 9.60. The second kappa shape index (κ2) is 5.48. The maximum absolute atomic E-state index is 11.7. The van der Waals surface area contributed by atoms with Gasteiger partial charge in [-0.15, -0.1) is 10.2 Å². The fraction of sp³-hybridized carbons (Fsp3) is 0.250. The Hall–Kier alpha value is -2.61. The van der Waals surface area contributed by atoms with E-state index in [0.717, 1.165) is 22.0 Å². The van der Waals surface area contributed by atoms with Crippen LogP contribution in [-0.2, 0) is 7.05 Å². The quantitative estimate of drug-likeness (QED) is 0.580. The van der Waals surface area contributed by atoms with E-state index in [9.17, 15) is 4.79 Å². The van der Waals surface area contributed by atoms with Gasteiger partial charge in [0.25, 0.3) is 5.56 Å². The summed E-state index contributed by atoms with van der Waals surface area (Å²) < 4.78 is 4.05. The Morgan fingerprint density at radius 2 is 1.96 bits per heavy atom. The molecule has 0 unspecified atom stereocenters. The molecule has 0 fully saturated rings. The molecule has 122 valence electrons. The number of fused-ring (bicyclic) bond motifs is 3. The number of nitrogens with zero attached hydrogens (tertiary/aromatic N) is 5. The third-order valence-electron chi connectivity index (χ3n) is 3.96. The average Bonchev–Trinajstić information content (AvgIpc) is 3.08. The van der Waals surface area contributed by atoms with E-state index in [0.29, 0.717) is 11.5 Å². The van der Waals surface area contributed by atoms with Gasteiger partial charge in [-0.25, -0.2) is 4.98 Å². The summed E-state index contributed by atoms with van der Waals surface area (Å²) in [5.41, 5.74) is 2.72. The van der Waals surface area contributed by atoms with Crippen LogP contribution in [0.1, 0.15) is 23.7 Å². The molecule has 1 atom stereocenters. The zero-order valence-corrected chi connectivity index (χ0v) is 14.3. The van der Waals surface area contributed by atoms with Crippen molar-refractivity contribution in [1.82, 2.24) is 29.1 Å². The summed E-state index contributed by atoms with van der Waals surface area (Å²) in [6.07, 6.45) is 0. The fourth-order valence-electron chi connectivity index (χ4n) is 2.82. The molecule has 4 aromatic rings. The van der Waals surface area contributed by atoms with Gasteiger partial charge >= 0.3 is 0 Å². The molecule has 0 aliphatic heterocycles. The number of imidazole rings is 1. The fourth-order valence-corrected chi connectivity index (χ4v) is 3.73. The molecule has 3 aromatic heterocycles. The Morgan fingerprint density at radius 3 is 2.71 bits per heavy atom. The van der Waals surface area contributed by atoms with E-state index < -0.39 is 0 Å². The first-order chi connectivity index (χ1) is 11.5. The molecule has 4 rings (SSSR count). The normalized spacial score (nSPS) is 13.0. The van der Waals surface area contributed by atoms with Crippen molar-refractivity contribution in [1.29, 1.82) is 0 Å². The molecule has 1 N–H and O–H groups in total. The summed E-state index contributed by atoms with van der Waals surface area (Å²) in [5, 5.41) is 9.34. The summed E-state index contributed by atoms with van der Waals surface area (Å²) in [5.74, 6) is 1.43. The number of aromatic amines is 1. The van der Waals surface area contributed by atoms with Gasteiger partial charge in [-0.05, 0) is 26.0 Å². The molecule has 8 heteroatoms. The van der Waals surface area contributed by atoms with Gasteiger partial charge in [-0.2, -0.15) is 0 Å². The molecule has 0 saturated heterocycles. The Labute approximate surface area is 141 Å². The van der Waals surface area contributed by atoms with Gasteiger partial charge in [0, 0.05) is 18.8 Å². The molecule has 0 amide bonds. The summed E-state index contributed by atoms with van der Waals surface area (Å²) in [6.45, 7) is 3.81. The molecule has 0 aliphatic rings. The van der Waals surface area contributed by atoms with E-state index in [4.69, 9.17) is 0 Å². The van der Waals surface area contributed by atoms with Crippen LogP contribution in [0.3, 0.4) is 0 Å². The topological polar surface area (TPSA) is 80.9 Å². The van der Waals surface area contributed by atoms with Gasteiger partial charge in [0.15, 0.2) is 5.16 Å². The molecule has 3 heterocycles. The van der Waals surface area contributed by atoms with Crippen LogP contribution < -0.4 is 5.56 Å². The molecule has 0 bridgehead atoms. The highest BCUT2D eigenvalue weighted by atomic mass is 32.2. The number of nitrogens with one attached hydrogen (secondary N) is 1. The van der Waals surface area contributed by atoms with Crippen LogP contribution in [-0.4, -0.2) is 29.1 Å². The molecule has 24 heavy (non-hydrogen) atoms. The van der Waals surface area contributed by atoms with Crippen LogP contribution in [0.2, 0.25) is 0 Å². The average molecular weight is 340 g/mol. The predicted molar refractivity (Wildman–Crippen MR) is 93.3 cm³/mol. The lowest BCUT2D eigenvalue weighted by Gasteiger charge is -2.09. The van der Waals surface area contributed by atoms with Gasteiger partial charge in [0.2, 0.25) is 5.78 Å². The maximum atomic E-state index is 11.7. The van der Waals surface area contributed by atoms with E-state index in [1.807, 2.05) is 48.1 Å². The van der Waals surface area contributed by atoms with Crippen LogP contribution in [0.5, 0.6) is 0 Å². The van der Waals surface area contributed by atoms with Gasteiger partial charge in [0.1, 0.15) is 5.82 Å². The number of aryl methyl sites for hydroxylation is 2. The predicted octanol–water partition coefficient (Wildman–Crippen LogP) is 2.47. The Balaban J connectivity index is 1.80. The van der Waals surface area contributed by atoms with Crippen molar-refractivity contribution in [3.8, 4) is 0 Å². The lowest BCUT2D eigenvalue weighted by Crippen LogP contribution is -2.12. The van der Waals surface area contributed by atoms with E-state index in [1.165, 1.54) is 17.8 Å². The van der Waals surface area contributed by atoms with Crippen molar-refractivity contribution in [2.45, 2.75) is 24.3 Å². The molecule has 1 aromatic carbocycles. The molecule has 7 nitrogen and oxygen atoms in total. The summed E-state index contributed by atoms with van der Waals surface area (Å²) >= 11 is 1.52. The van der Waals surface area contributed by atoms with E-state index >= 15 is 0 Å². The van der Waals surface area contributed by atoms with Gasteiger partial charge in [-0.1, -0.05) is 23.9 Å². The molecule has 0 aliphatic carbocycles. The SMILES string of the molecule is Cc1cc(=O)[nH]c([C@@H](C)Sc2nnc3n(C)c4ccccc4n23)n1. The minimum absolute atomic E-state index is 0.0519. The minimum atomic E-state index is -0.137. The standard InChI is InChI=1S/C16H16N6OS/c1-9-8-13(23)18-14(17-9)10(2)24-16-20-19-15-21(3)11-6-4-5-7-12(11)22(15)16/h4-8,10H,1-3H3,(H,17,18,23)/t10-/m1/s1. The van der Waals surface area contributed by atoms with Crippen molar-refractivity contribution in [2.24, 2.45) is 7.05 Å². The number of benzene rings is 1. The summed E-state index contributed by atoms with van der Waals surface area (Å²) in [4.78, 5) is 18.9. The smallest absolute Gasteiger partial charge is 0.251 e. The van der Waals surface area contributed by atoms with Crippen LogP contribution in [0.4, 0.5) is 0 Å². The minimum Gasteiger partial charge on any atom is -0.311 e. The number of thioether (sulfide) groups is 1. The first-order valence-electron chi connectivity index (χ1n) is 7.57. The zero-order valence-electron chi connectivity index (χ0n) is 13.5. The highest BCUT2D eigenvalue weighted by Gasteiger charge is 2.19. The lowest BCUT2D eigenvalue weighted by atomic mass is 10.3. The Morgan fingerprint density at radius 1 is 1.21 bits per heavy atom. The second-order valence-electron chi connectivity index (χ2n) is 5.70. The third kappa shape index (κ3) is 2.30. The number of rotatable bonds is 3. The Kier molecular flexibility index (Phi) is 3.42. The van der Waals surface area contributed by atoms with Crippen molar-refractivity contribution in [2.75, 3.05) is 0 Å². The number of H-pyrrole nitrogens is 1. The monoisotopic (exact) mass is 340 g/mol. The van der Waals surface area contributed by atoms with Gasteiger partial charge in [0.05, 0.1) is 16.3 Å². The Bertz CT molecular complexity index is 1110. The van der Waals surface area contributed by atoms with Gasteiger partial charge < -0.3 is 9.55 Å². The van der Waals surface area contributed by atoms with Crippen molar-refractivity contribution in [3.05, 3.63) is 52.2 Å². The largest absolute Gasteiger partial charge is 0.311 e. The van der Waals surface area contributed by atoms with Crippen molar-refractivity contribution < 1.29 is 0 Å². The van der Waals surface area contributed by atoms with Gasteiger partial charge in [-0.3, -0.25) is 9.20 Å². The van der Waals surface area contributed by atoms with E-state index in [-0.39, 0.29) is 10.8 Å². The highest BCUT2D eigenvalue weighted by molar-refractivity contribution is 7.99. The molecule has 0 spiro atoms. The lowest BCUT2D eigenvalue weighted by molar-refractivity contribution is 0.867. The highest BCUT2D eigenvalue weighted by Crippen LogP contribution is 2.33. The summed E-state index contributed by atoms with van der Waals surface area (Å²) in [7, 11) is 1.98. The van der Waals surface area contributed by atoms with Crippen molar-refractivity contribution in [3.63, 3.8) is 0 Å². The van der Waals surface area contributed by atoms with Crippen LogP contribution in [0.25, 0.3) is 16.8 Å².